The van der Waals surface area contributed by atoms with Crippen LogP contribution in [0.3, 0.4) is 0 Å². The van der Waals surface area contributed by atoms with Crippen LogP contribution in [-0.2, 0) is 25.5 Å². The van der Waals surface area contributed by atoms with Crippen LogP contribution in [-0.4, -0.2) is 29.9 Å². The SMILES string of the molecule is CC(=O)Nc1ccc(CC(=O)O[C@H](C)C(=O)N[C@@H]2CCC[C@H](C)[C@H]2C)cc1. The number of hydrogen-bond donors (Lipinski definition) is 2. The van der Waals surface area contributed by atoms with Crippen LogP contribution >= 0.6 is 0 Å². The summed E-state index contributed by atoms with van der Waals surface area (Å²) < 4.78 is 5.29. The third kappa shape index (κ3) is 6.38. The van der Waals surface area contributed by atoms with E-state index in [1.807, 2.05) is 0 Å². The van der Waals surface area contributed by atoms with Crippen LogP contribution in [0.5, 0.6) is 0 Å². The molecule has 2 amide bonds. The highest BCUT2D eigenvalue weighted by Crippen LogP contribution is 2.29. The van der Waals surface area contributed by atoms with Gasteiger partial charge in [-0.2, -0.15) is 0 Å². The van der Waals surface area contributed by atoms with Gasteiger partial charge in [0.25, 0.3) is 5.91 Å². The number of nitrogens with one attached hydrogen (secondary N) is 2. The highest BCUT2D eigenvalue weighted by molar-refractivity contribution is 5.88. The molecule has 0 heterocycles. The van der Waals surface area contributed by atoms with Crippen LogP contribution in [0.15, 0.2) is 24.3 Å². The van der Waals surface area contributed by atoms with Gasteiger partial charge in [-0.15, -0.1) is 0 Å². The minimum absolute atomic E-state index is 0.0782. The van der Waals surface area contributed by atoms with Gasteiger partial charge in [-0.25, -0.2) is 0 Å². The van der Waals surface area contributed by atoms with Crippen molar-refractivity contribution in [3.63, 3.8) is 0 Å². The van der Waals surface area contributed by atoms with Gasteiger partial charge in [0.15, 0.2) is 6.10 Å². The van der Waals surface area contributed by atoms with E-state index in [2.05, 4.69) is 24.5 Å². The van der Waals surface area contributed by atoms with Gasteiger partial charge < -0.3 is 15.4 Å². The number of rotatable bonds is 6. The lowest BCUT2D eigenvalue weighted by Gasteiger charge is -2.35. The van der Waals surface area contributed by atoms with Crippen LogP contribution in [0.4, 0.5) is 5.69 Å². The second kappa shape index (κ2) is 9.53. The van der Waals surface area contributed by atoms with Gasteiger partial charge in [0, 0.05) is 18.7 Å². The lowest BCUT2D eigenvalue weighted by molar-refractivity contribution is -0.154. The van der Waals surface area contributed by atoms with E-state index in [4.69, 9.17) is 4.74 Å². The summed E-state index contributed by atoms with van der Waals surface area (Å²) >= 11 is 0. The maximum atomic E-state index is 12.4. The molecule has 2 N–H and O–H groups in total. The van der Waals surface area contributed by atoms with Crippen LogP contribution in [0.1, 0.15) is 52.5 Å². The summed E-state index contributed by atoms with van der Waals surface area (Å²) in [5.74, 6) is 0.170. The fourth-order valence-electron chi connectivity index (χ4n) is 3.45. The number of carbonyl (C=O) groups is 3. The average Bonchev–Trinajstić information content (AvgIpc) is 2.60. The van der Waals surface area contributed by atoms with E-state index in [-0.39, 0.29) is 24.3 Å². The molecule has 1 fully saturated rings. The third-order valence-corrected chi connectivity index (χ3v) is 5.33. The van der Waals surface area contributed by atoms with Crippen molar-refractivity contribution >= 4 is 23.5 Å². The Kier molecular flexibility index (Phi) is 7.39. The van der Waals surface area contributed by atoms with E-state index in [1.54, 1.807) is 31.2 Å². The van der Waals surface area contributed by atoms with Crippen molar-refractivity contribution in [2.75, 3.05) is 5.32 Å². The summed E-state index contributed by atoms with van der Waals surface area (Å²) in [5.41, 5.74) is 1.43. The summed E-state index contributed by atoms with van der Waals surface area (Å²) in [6.45, 7) is 7.41. The Morgan fingerprint density at radius 2 is 1.81 bits per heavy atom. The van der Waals surface area contributed by atoms with Gasteiger partial charge in [-0.1, -0.05) is 38.8 Å². The van der Waals surface area contributed by atoms with E-state index >= 15 is 0 Å². The molecule has 1 aromatic rings. The van der Waals surface area contributed by atoms with Crippen molar-refractivity contribution < 1.29 is 19.1 Å². The number of benzene rings is 1. The van der Waals surface area contributed by atoms with E-state index in [9.17, 15) is 14.4 Å². The smallest absolute Gasteiger partial charge is 0.311 e. The first-order valence-electron chi connectivity index (χ1n) is 9.62. The minimum atomic E-state index is -0.819. The second-order valence-corrected chi connectivity index (χ2v) is 7.57. The molecule has 1 aromatic carbocycles. The monoisotopic (exact) mass is 374 g/mol. The molecule has 0 spiro atoms. The van der Waals surface area contributed by atoms with E-state index < -0.39 is 12.1 Å². The largest absolute Gasteiger partial charge is 0.452 e. The molecular formula is C21H30N2O4. The molecule has 0 bridgehead atoms. The minimum Gasteiger partial charge on any atom is -0.452 e. The van der Waals surface area contributed by atoms with Crippen molar-refractivity contribution in [1.29, 1.82) is 0 Å². The molecule has 2 rings (SSSR count). The maximum Gasteiger partial charge on any atom is 0.311 e. The molecular weight excluding hydrogens is 344 g/mol. The first kappa shape index (κ1) is 20.9. The first-order valence-corrected chi connectivity index (χ1v) is 9.62. The predicted octanol–water partition coefficient (Wildman–Crippen LogP) is 3.06. The second-order valence-electron chi connectivity index (χ2n) is 7.57. The standard InChI is InChI=1S/C21H30N2O4/c1-13-6-5-7-19(14(13)2)23-21(26)15(3)27-20(25)12-17-8-10-18(11-9-17)22-16(4)24/h8-11,13-15,19H,5-7,12H2,1-4H3,(H,22,24)(H,23,26)/t13-,14+,15+,19+/m0/s1. The highest BCUT2D eigenvalue weighted by atomic mass is 16.5. The normalized spacial score (nSPS) is 23.2. The molecule has 0 unspecified atom stereocenters. The van der Waals surface area contributed by atoms with Crippen LogP contribution in [0, 0.1) is 11.8 Å². The van der Waals surface area contributed by atoms with Crippen molar-refractivity contribution in [2.24, 2.45) is 11.8 Å². The van der Waals surface area contributed by atoms with Crippen LogP contribution < -0.4 is 10.6 Å². The lowest BCUT2D eigenvalue weighted by atomic mass is 9.78. The fraction of sp³-hybridized carbons (Fsp3) is 0.571. The third-order valence-electron chi connectivity index (χ3n) is 5.33. The molecule has 0 radical (unpaired) electrons. The van der Waals surface area contributed by atoms with Crippen LogP contribution in [0.25, 0.3) is 0 Å². The number of hydrogen-bond acceptors (Lipinski definition) is 4. The van der Waals surface area contributed by atoms with Crippen molar-refractivity contribution in [3.8, 4) is 0 Å². The van der Waals surface area contributed by atoms with Gasteiger partial charge in [0.2, 0.25) is 5.91 Å². The molecule has 0 aliphatic heterocycles. The quantitative estimate of drug-likeness (QED) is 0.750. The molecule has 1 aliphatic rings. The Bertz CT molecular complexity index is 671. The van der Waals surface area contributed by atoms with Crippen molar-refractivity contribution in [3.05, 3.63) is 29.8 Å². The molecule has 6 heteroatoms. The molecule has 1 saturated carbocycles. The predicted molar refractivity (Wildman–Crippen MR) is 104 cm³/mol. The molecule has 4 atom stereocenters. The van der Waals surface area contributed by atoms with Gasteiger partial charge in [-0.05, 0) is 42.9 Å². The van der Waals surface area contributed by atoms with Crippen molar-refractivity contribution in [2.45, 2.75) is 65.5 Å². The summed E-state index contributed by atoms with van der Waals surface area (Å²) in [6, 6.07) is 7.10. The summed E-state index contributed by atoms with van der Waals surface area (Å²) in [4.78, 5) is 35.5. The Balaban J connectivity index is 1.82. The number of esters is 1. The molecule has 27 heavy (non-hydrogen) atoms. The van der Waals surface area contributed by atoms with Gasteiger partial charge in [0.05, 0.1) is 6.42 Å². The number of ether oxygens (including phenoxy) is 1. The zero-order chi connectivity index (χ0) is 20.0. The summed E-state index contributed by atoms with van der Waals surface area (Å²) in [6.07, 6.45) is 2.53. The van der Waals surface area contributed by atoms with Crippen molar-refractivity contribution in [1.82, 2.24) is 5.32 Å². The topological polar surface area (TPSA) is 84.5 Å². The first-order chi connectivity index (χ1) is 12.8. The average molecular weight is 374 g/mol. The Hall–Kier alpha value is -2.37. The number of carbonyl (C=O) groups excluding carboxylic acids is 3. The molecule has 148 valence electrons. The molecule has 1 aliphatic carbocycles. The van der Waals surface area contributed by atoms with Gasteiger partial charge >= 0.3 is 5.97 Å². The molecule has 6 nitrogen and oxygen atoms in total. The Morgan fingerprint density at radius 3 is 2.44 bits per heavy atom. The van der Waals surface area contributed by atoms with E-state index in [0.29, 0.717) is 17.5 Å². The number of amides is 2. The number of anilines is 1. The zero-order valence-corrected chi connectivity index (χ0v) is 16.6. The van der Waals surface area contributed by atoms with E-state index in [1.165, 1.54) is 13.3 Å². The maximum absolute atomic E-state index is 12.4. The summed E-state index contributed by atoms with van der Waals surface area (Å²) in [7, 11) is 0. The van der Waals surface area contributed by atoms with Gasteiger partial charge in [-0.3, -0.25) is 14.4 Å². The Labute approximate surface area is 161 Å². The fourth-order valence-corrected chi connectivity index (χ4v) is 3.45. The van der Waals surface area contributed by atoms with Crippen LogP contribution in [0.2, 0.25) is 0 Å². The molecule has 0 aromatic heterocycles. The molecule has 0 saturated heterocycles. The van der Waals surface area contributed by atoms with E-state index in [0.717, 1.165) is 18.4 Å². The summed E-state index contributed by atoms with van der Waals surface area (Å²) in [5, 5.41) is 5.71. The lowest BCUT2D eigenvalue weighted by Crippen LogP contribution is -2.47. The zero-order valence-electron chi connectivity index (χ0n) is 16.6. The van der Waals surface area contributed by atoms with Gasteiger partial charge in [0.1, 0.15) is 0 Å². The highest BCUT2D eigenvalue weighted by Gasteiger charge is 2.30. The Morgan fingerprint density at radius 1 is 1.15 bits per heavy atom.